The van der Waals surface area contributed by atoms with Gasteiger partial charge in [0.25, 0.3) is 0 Å². The van der Waals surface area contributed by atoms with Gasteiger partial charge in [-0.3, -0.25) is 4.79 Å². The summed E-state index contributed by atoms with van der Waals surface area (Å²) in [5.41, 5.74) is 1.21. The van der Waals surface area contributed by atoms with E-state index in [9.17, 15) is 4.79 Å². The Kier molecular flexibility index (Phi) is 6.94. The second-order valence-electron chi connectivity index (χ2n) is 5.25. The molecule has 0 bridgehead atoms. The van der Waals surface area contributed by atoms with Gasteiger partial charge in [-0.2, -0.15) is 11.8 Å². The molecule has 0 radical (unpaired) electrons. The van der Waals surface area contributed by atoms with Crippen LogP contribution in [0.25, 0.3) is 0 Å². The highest BCUT2D eigenvalue weighted by Crippen LogP contribution is 2.26. The minimum Gasteiger partial charge on any atom is -0.338 e. The van der Waals surface area contributed by atoms with Gasteiger partial charge in [0, 0.05) is 24.8 Å². The number of rotatable bonds is 6. The average Bonchev–Trinajstić information content (AvgIpc) is 2.49. The first-order valence-corrected chi connectivity index (χ1v) is 9.52. The fourth-order valence-electron chi connectivity index (χ4n) is 2.52. The number of benzene rings is 1. The fraction of sp³-hybridized carbons (Fsp3) is 0.562. The van der Waals surface area contributed by atoms with Gasteiger partial charge in [0.05, 0.1) is 0 Å². The zero-order chi connectivity index (χ0) is 14.2. The lowest BCUT2D eigenvalue weighted by Crippen LogP contribution is -2.34. The summed E-state index contributed by atoms with van der Waals surface area (Å²) in [6, 6.07) is 10.3. The predicted octanol–water partition coefficient (Wildman–Crippen LogP) is 3.94. The Bertz CT molecular complexity index is 406. The molecular weight excluding hydrogens is 334 g/mol. The molecule has 0 spiro atoms. The van der Waals surface area contributed by atoms with Crippen molar-refractivity contribution in [1.29, 1.82) is 0 Å². The van der Waals surface area contributed by atoms with Crippen LogP contribution in [0.2, 0.25) is 0 Å². The third kappa shape index (κ3) is 5.13. The van der Waals surface area contributed by atoms with Gasteiger partial charge in [-0.25, -0.2) is 0 Å². The number of carbonyl (C=O) groups excluding carboxylic acids is 1. The third-order valence-electron chi connectivity index (χ3n) is 3.73. The van der Waals surface area contributed by atoms with E-state index in [0.717, 1.165) is 24.8 Å². The molecule has 2 nitrogen and oxygen atoms in total. The van der Waals surface area contributed by atoms with Crippen LogP contribution in [-0.4, -0.2) is 34.2 Å². The van der Waals surface area contributed by atoms with Crippen LogP contribution in [0.15, 0.2) is 30.3 Å². The van der Waals surface area contributed by atoms with Gasteiger partial charge in [0.2, 0.25) is 5.91 Å². The van der Waals surface area contributed by atoms with Crippen molar-refractivity contribution in [2.45, 2.75) is 25.8 Å². The van der Waals surface area contributed by atoms with Crippen LogP contribution in [-0.2, 0) is 11.3 Å². The molecule has 2 rings (SSSR count). The molecule has 0 aliphatic carbocycles. The van der Waals surface area contributed by atoms with Crippen molar-refractivity contribution in [3.05, 3.63) is 35.9 Å². The number of thioether (sulfide) groups is 1. The highest BCUT2D eigenvalue weighted by atomic mass is 79.9. The van der Waals surface area contributed by atoms with Crippen LogP contribution < -0.4 is 0 Å². The molecule has 1 saturated heterocycles. The summed E-state index contributed by atoms with van der Waals surface area (Å²) in [7, 11) is 0. The molecule has 0 aromatic heterocycles. The van der Waals surface area contributed by atoms with Crippen molar-refractivity contribution < 1.29 is 4.79 Å². The second-order valence-corrected chi connectivity index (χ2v) is 7.27. The Labute approximate surface area is 134 Å². The Balaban J connectivity index is 1.91. The summed E-state index contributed by atoms with van der Waals surface area (Å²) in [6.45, 7) is 1.52. The van der Waals surface area contributed by atoms with Gasteiger partial charge in [-0.05, 0) is 35.8 Å². The highest BCUT2D eigenvalue weighted by Gasteiger charge is 2.21. The molecule has 1 fully saturated rings. The Morgan fingerprint density at radius 2 is 1.95 bits per heavy atom. The van der Waals surface area contributed by atoms with Crippen molar-refractivity contribution in [1.82, 2.24) is 4.90 Å². The number of carbonyl (C=O) groups is 1. The molecule has 1 aliphatic rings. The SMILES string of the molecule is O=C(CC1CCSCC1)N(CCBr)Cc1ccccc1. The maximum absolute atomic E-state index is 12.5. The van der Waals surface area contributed by atoms with Gasteiger partial charge < -0.3 is 4.90 Å². The molecule has 1 aromatic carbocycles. The van der Waals surface area contributed by atoms with E-state index in [0.29, 0.717) is 11.8 Å². The van der Waals surface area contributed by atoms with Crippen LogP contribution in [0.3, 0.4) is 0 Å². The standard InChI is InChI=1S/C16H22BrNOS/c17-8-9-18(13-15-4-2-1-3-5-15)16(19)12-14-6-10-20-11-7-14/h1-5,14H,6-13H2. The maximum atomic E-state index is 12.5. The highest BCUT2D eigenvalue weighted by molar-refractivity contribution is 9.09. The first-order valence-electron chi connectivity index (χ1n) is 7.25. The molecule has 0 N–H and O–H groups in total. The fourth-order valence-corrected chi connectivity index (χ4v) is 4.16. The average molecular weight is 356 g/mol. The third-order valence-corrected chi connectivity index (χ3v) is 5.13. The van der Waals surface area contributed by atoms with Crippen LogP contribution in [0.4, 0.5) is 0 Å². The molecule has 0 unspecified atom stereocenters. The molecule has 1 amide bonds. The van der Waals surface area contributed by atoms with Crippen molar-refractivity contribution in [2.75, 3.05) is 23.4 Å². The number of halogens is 1. The van der Waals surface area contributed by atoms with E-state index < -0.39 is 0 Å². The van der Waals surface area contributed by atoms with Crippen molar-refractivity contribution in [3.8, 4) is 0 Å². The molecule has 0 atom stereocenters. The summed E-state index contributed by atoms with van der Waals surface area (Å²) in [6.07, 6.45) is 3.12. The minimum atomic E-state index is 0.310. The quantitative estimate of drug-likeness (QED) is 0.720. The summed E-state index contributed by atoms with van der Waals surface area (Å²) in [4.78, 5) is 14.5. The number of hydrogen-bond donors (Lipinski definition) is 0. The lowest BCUT2D eigenvalue weighted by atomic mass is 9.98. The van der Waals surface area contributed by atoms with Crippen molar-refractivity contribution >= 4 is 33.6 Å². The van der Waals surface area contributed by atoms with E-state index in [1.165, 1.54) is 29.9 Å². The van der Waals surface area contributed by atoms with Gasteiger partial charge >= 0.3 is 0 Å². The molecule has 1 aliphatic heterocycles. The van der Waals surface area contributed by atoms with Crippen LogP contribution in [0.5, 0.6) is 0 Å². The smallest absolute Gasteiger partial charge is 0.223 e. The van der Waals surface area contributed by atoms with E-state index in [2.05, 4.69) is 28.1 Å². The Hall–Kier alpha value is -0.480. The number of hydrogen-bond acceptors (Lipinski definition) is 2. The largest absolute Gasteiger partial charge is 0.338 e. The summed E-state index contributed by atoms with van der Waals surface area (Å²) in [5, 5.41) is 0.839. The molecular formula is C16H22BrNOS. The minimum absolute atomic E-state index is 0.310. The van der Waals surface area contributed by atoms with Gasteiger partial charge in [-0.1, -0.05) is 46.3 Å². The summed E-state index contributed by atoms with van der Waals surface area (Å²) >= 11 is 5.47. The van der Waals surface area contributed by atoms with E-state index in [-0.39, 0.29) is 0 Å². The van der Waals surface area contributed by atoms with E-state index >= 15 is 0 Å². The number of alkyl halides is 1. The number of amides is 1. The van der Waals surface area contributed by atoms with Gasteiger partial charge in [-0.15, -0.1) is 0 Å². The topological polar surface area (TPSA) is 20.3 Å². The van der Waals surface area contributed by atoms with E-state index in [4.69, 9.17) is 0 Å². The number of nitrogens with zero attached hydrogens (tertiary/aromatic N) is 1. The maximum Gasteiger partial charge on any atom is 0.223 e. The Morgan fingerprint density at radius 3 is 2.60 bits per heavy atom. The van der Waals surface area contributed by atoms with Gasteiger partial charge in [0.15, 0.2) is 0 Å². The van der Waals surface area contributed by atoms with Crippen LogP contribution in [0.1, 0.15) is 24.8 Å². The Morgan fingerprint density at radius 1 is 1.25 bits per heavy atom. The van der Waals surface area contributed by atoms with E-state index in [1.807, 2.05) is 34.9 Å². The van der Waals surface area contributed by atoms with Crippen LogP contribution in [0, 0.1) is 5.92 Å². The summed E-state index contributed by atoms with van der Waals surface area (Å²) < 4.78 is 0. The zero-order valence-electron chi connectivity index (χ0n) is 11.8. The predicted molar refractivity (Wildman–Crippen MR) is 90.3 cm³/mol. The van der Waals surface area contributed by atoms with E-state index in [1.54, 1.807) is 0 Å². The summed E-state index contributed by atoms with van der Waals surface area (Å²) in [5.74, 6) is 3.34. The monoisotopic (exact) mass is 355 g/mol. The lowest BCUT2D eigenvalue weighted by molar-refractivity contribution is -0.132. The second kappa shape index (κ2) is 8.73. The van der Waals surface area contributed by atoms with Crippen molar-refractivity contribution in [2.24, 2.45) is 5.92 Å². The molecule has 20 heavy (non-hydrogen) atoms. The lowest BCUT2D eigenvalue weighted by Gasteiger charge is -2.26. The zero-order valence-corrected chi connectivity index (χ0v) is 14.2. The first kappa shape index (κ1) is 15.9. The normalized spacial score (nSPS) is 16.1. The molecule has 1 aromatic rings. The van der Waals surface area contributed by atoms with Gasteiger partial charge in [0.1, 0.15) is 0 Å². The molecule has 4 heteroatoms. The molecule has 0 saturated carbocycles. The van der Waals surface area contributed by atoms with Crippen LogP contribution >= 0.6 is 27.7 Å². The molecule has 110 valence electrons. The van der Waals surface area contributed by atoms with Crippen molar-refractivity contribution in [3.63, 3.8) is 0 Å². The molecule has 1 heterocycles. The first-order chi connectivity index (χ1) is 9.79.